The van der Waals surface area contributed by atoms with E-state index in [-0.39, 0.29) is 46.2 Å². The van der Waals surface area contributed by atoms with Crippen LogP contribution >= 0.6 is 0 Å². The van der Waals surface area contributed by atoms with Gasteiger partial charge in [-0.2, -0.15) is 0 Å². The molecule has 20 nitrogen and oxygen atoms in total. The number of aliphatic hydroxyl groups excluding tert-OH is 4. The standard InChI is InChI=1S/C73H96O20/c1-15-21-32(7)48-58(80)36(54(76)38(60(48)82)28-40-56(78)42(64(86)50(62(40)84)34(9)23-17-3)30-44-66(88)52(46(74)25-19-5)70(92)72(11,12)68(44)90)27-37-55(77)39(61(83)49(59(37)81)33(8)22-16-2)29-41-57(79)43(65(87)51(63(41)85)35(10)24-18-4)31-45-67(89)53(47(75)26-20-6)71(93)73(13,14)69(45)91/h32-35,76-91H,15-31H2,1-14H3/t32-,33-,34-,35+/m1/s1. The zero-order chi connectivity index (χ0) is 70.1. The molecule has 0 saturated heterocycles. The third kappa shape index (κ3) is 13.1. The number of aromatic hydroxyl groups is 12. The zero-order valence-corrected chi connectivity index (χ0v) is 56.1. The topological polar surface area (TPSA) is 392 Å². The first-order valence-electron chi connectivity index (χ1n) is 32.5. The number of phenolic OH excluding ortho intramolecular Hbond substituents is 12. The summed E-state index contributed by atoms with van der Waals surface area (Å²) in [6, 6.07) is 0. The normalized spacial score (nSPS) is 16.4. The number of hydrogen-bond donors (Lipinski definition) is 16. The molecule has 0 unspecified atom stereocenters. The van der Waals surface area contributed by atoms with Crippen molar-refractivity contribution in [3.63, 3.8) is 0 Å². The molecule has 4 aromatic carbocycles. The first kappa shape index (κ1) is 73.4. The van der Waals surface area contributed by atoms with E-state index < -0.39 is 237 Å². The molecule has 16 N–H and O–H groups in total. The first-order valence-corrected chi connectivity index (χ1v) is 32.5. The van der Waals surface area contributed by atoms with Gasteiger partial charge in [0.05, 0.1) is 10.8 Å². The molecule has 20 heteroatoms. The molecule has 0 saturated carbocycles. The highest BCUT2D eigenvalue weighted by Gasteiger charge is 2.48. The number of rotatable bonds is 28. The van der Waals surface area contributed by atoms with Gasteiger partial charge in [-0.05, 0) is 89.9 Å². The molecule has 2 aliphatic rings. The lowest BCUT2D eigenvalue weighted by atomic mass is 9.72. The van der Waals surface area contributed by atoms with Crippen LogP contribution in [0.25, 0.3) is 0 Å². The molecule has 0 radical (unpaired) electrons. The van der Waals surface area contributed by atoms with Gasteiger partial charge < -0.3 is 81.7 Å². The maximum atomic E-state index is 13.7. The van der Waals surface area contributed by atoms with Gasteiger partial charge in [-0.25, -0.2) is 0 Å². The minimum absolute atomic E-state index is 0.119. The van der Waals surface area contributed by atoms with Gasteiger partial charge >= 0.3 is 0 Å². The Kier molecular flexibility index (Phi) is 22.6. The van der Waals surface area contributed by atoms with Crippen molar-refractivity contribution in [3.8, 4) is 69.0 Å². The maximum absolute atomic E-state index is 13.7. The Morgan fingerprint density at radius 2 is 0.505 bits per heavy atom. The predicted molar refractivity (Wildman–Crippen MR) is 351 cm³/mol. The molecule has 6 rings (SSSR count). The van der Waals surface area contributed by atoms with Gasteiger partial charge in [0, 0.05) is 123 Å². The van der Waals surface area contributed by atoms with Crippen molar-refractivity contribution in [2.45, 2.75) is 230 Å². The van der Waals surface area contributed by atoms with Gasteiger partial charge in [0.25, 0.3) is 0 Å². The summed E-state index contributed by atoms with van der Waals surface area (Å²) in [6.07, 6.45) is -0.0913. The largest absolute Gasteiger partial charge is 0.511 e. The van der Waals surface area contributed by atoms with E-state index in [1.807, 2.05) is 27.7 Å². The number of carbonyl (C=O) groups is 4. The molecular formula is C73H96O20. The van der Waals surface area contributed by atoms with E-state index in [1.54, 1.807) is 41.5 Å². The fourth-order valence-electron chi connectivity index (χ4n) is 13.7. The van der Waals surface area contributed by atoms with E-state index in [0.717, 1.165) is 0 Å². The number of ketones is 4. The maximum Gasteiger partial charge on any atom is 0.183 e. The van der Waals surface area contributed by atoms with E-state index >= 15 is 0 Å². The van der Waals surface area contributed by atoms with Crippen LogP contribution in [0.5, 0.6) is 69.0 Å². The molecule has 0 heterocycles. The summed E-state index contributed by atoms with van der Waals surface area (Å²) in [6.45, 7) is 22.8. The van der Waals surface area contributed by atoms with Crippen molar-refractivity contribution in [1.29, 1.82) is 0 Å². The molecule has 93 heavy (non-hydrogen) atoms. The van der Waals surface area contributed by atoms with Crippen molar-refractivity contribution in [3.05, 3.63) is 112 Å². The van der Waals surface area contributed by atoms with Crippen LogP contribution in [0, 0.1) is 10.8 Å². The van der Waals surface area contributed by atoms with Gasteiger partial charge in [-0.1, -0.05) is 94.9 Å². The highest BCUT2D eigenvalue weighted by Crippen LogP contribution is 2.57. The third-order valence-electron chi connectivity index (χ3n) is 19.1. The Morgan fingerprint density at radius 3 is 0.688 bits per heavy atom. The molecule has 0 aliphatic heterocycles. The minimum atomic E-state index is -1.77. The van der Waals surface area contributed by atoms with Crippen LogP contribution in [0.2, 0.25) is 0 Å². The summed E-state index contributed by atoms with van der Waals surface area (Å²) in [5, 5.41) is 196. The Labute approximate surface area is 543 Å². The van der Waals surface area contributed by atoms with E-state index in [2.05, 4.69) is 0 Å². The second-order valence-corrected chi connectivity index (χ2v) is 26.7. The highest BCUT2D eigenvalue weighted by molar-refractivity contribution is 6.25. The van der Waals surface area contributed by atoms with Gasteiger partial charge in [0.2, 0.25) is 0 Å². The molecule has 0 fully saturated rings. The van der Waals surface area contributed by atoms with Crippen molar-refractivity contribution in [1.82, 2.24) is 0 Å². The van der Waals surface area contributed by atoms with E-state index in [9.17, 15) is 101 Å². The lowest BCUT2D eigenvalue weighted by Crippen LogP contribution is -2.36. The highest BCUT2D eigenvalue weighted by atomic mass is 16.3. The zero-order valence-electron chi connectivity index (χ0n) is 56.1. The lowest BCUT2D eigenvalue weighted by molar-refractivity contribution is -0.128. The van der Waals surface area contributed by atoms with Crippen LogP contribution in [-0.2, 0) is 51.3 Å². The molecular weight excluding hydrogens is 1200 g/mol. The summed E-state index contributed by atoms with van der Waals surface area (Å²) in [5.74, 6) is -18.0. The fraction of sp³-hybridized carbons (Fsp3) is 0.507. The van der Waals surface area contributed by atoms with Crippen molar-refractivity contribution >= 4 is 23.1 Å². The van der Waals surface area contributed by atoms with Crippen LogP contribution in [0.15, 0.2) is 45.3 Å². The molecule has 2 aliphatic carbocycles. The molecule has 4 aromatic rings. The van der Waals surface area contributed by atoms with Crippen LogP contribution in [-0.4, -0.2) is 105 Å². The molecule has 508 valence electrons. The molecule has 0 bridgehead atoms. The van der Waals surface area contributed by atoms with Gasteiger partial charge in [0.15, 0.2) is 23.1 Å². The van der Waals surface area contributed by atoms with Crippen molar-refractivity contribution in [2.24, 2.45) is 10.8 Å². The third-order valence-corrected chi connectivity index (χ3v) is 19.1. The predicted octanol–water partition coefficient (Wildman–Crippen LogP) is 14.8. The monoisotopic (exact) mass is 1290 g/mol. The quantitative estimate of drug-likeness (QED) is 0.0235. The van der Waals surface area contributed by atoms with Crippen LogP contribution in [0.1, 0.15) is 264 Å². The molecule has 0 spiro atoms. The molecule has 4 atom stereocenters. The summed E-state index contributed by atoms with van der Waals surface area (Å²) in [4.78, 5) is 54.2. The Balaban J connectivity index is 1.66. The average molecular weight is 1290 g/mol. The second-order valence-electron chi connectivity index (χ2n) is 26.7. The Hall–Kier alpha value is -8.68. The smallest absolute Gasteiger partial charge is 0.183 e. The fourth-order valence-corrected chi connectivity index (χ4v) is 13.7. The number of carbonyl (C=O) groups excluding carboxylic acids is 4. The Morgan fingerprint density at radius 1 is 0.312 bits per heavy atom. The summed E-state index contributed by atoms with van der Waals surface area (Å²) >= 11 is 0. The van der Waals surface area contributed by atoms with Crippen LogP contribution < -0.4 is 0 Å². The lowest BCUT2D eigenvalue weighted by Gasteiger charge is -2.31. The average Bonchev–Trinajstić information content (AvgIpc) is 0.755. The number of phenols is 12. The number of benzene rings is 4. The Bertz CT molecular complexity index is 3550. The van der Waals surface area contributed by atoms with Crippen molar-refractivity contribution < 1.29 is 101 Å². The first-order chi connectivity index (χ1) is 43.5. The number of aliphatic hydroxyl groups is 4. The summed E-state index contributed by atoms with van der Waals surface area (Å²) in [5.41, 5.74) is -9.33. The number of hydrogen-bond acceptors (Lipinski definition) is 20. The van der Waals surface area contributed by atoms with E-state index in [1.165, 1.54) is 27.7 Å². The van der Waals surface area contributed by atoms with Crippen LogP contribution in [0.3, 0.4) is 0 Å². The van der Waals surface area contributed by atoms with Crippen LogP contribution in [0.4, 0.5) is 0 Å². The minimum Gasteiger partial charge on any atom is -0.511 e. The molecule has 0 aromatic heterocycles. The SMILES string of the molecule is CCCC(=O)C1=C(O)C(Cc2c(O)c(Cc3c(O)c(Cc4c(O)c(Cc5c(O)c(CC6=C(O)C(C)(C)C(=O)C(C(=O)CCC)=C6O)c(O)c([C@@H](C)CCC)c5O)c(O)c([C@H](C)CCC)c4O)c(O)c([C@H](C)CCC)c3O)c(O)c([C@H](C)CCC)c2O)=C(O)C(C)(C)C1=O. The van der Waals surface area contributed by atoms with Crippen molar-refractivity contribution in [2.75, 3.05) is 0 Å². The second kappa shape index (κ2) is 28.7. The summed E-state index contributed by atoms with van der Waals surface area (Å²) in [7, 11) is 0. The molecule has 0 amide bonds. The summed E-state index contributed by atoms with van der Waals surface area (Å²) < 4.78 is 0. The van der Waals surface area contributed by atoms with E-state index in [0.29, 0.717) is 64.2 Å². The van der Waals surface area contributed by atoms with Gasteiger partial charge in [0.1, 0.15) is 103 Å². The van der Waals surface area contributed by atoms with Gasteiger partial charge in [-0.3, -0.25) is 19.2 Å². The number of Topliss-reactive ketones (excluding diaryl/α,β-unsaturated/α-hetero) is 4. The van der Waals surface area contributed by atoms with Gasteiger partial charge in [-0.15, -0.1) is 0 Å². The van der Waals surface area contributed by atoms with E-state index in [4.69, 9.17) is 0 Å². The number of allylic oxidation sites excluding steroid dienone is 6.